The Balaban J connectivity index is 1.59. The molecule has 0 unspecified atom stereocenters. The van der Waals surface area contributed by atoms with E-state index in [0.29, 0.717) is 33.8 Å². The summed E-state index contributed by atoms with van der Waals surface area (Å²) in [7, 11) is 0. The number of nitrogens with zero attached hydrogens (tertiary/aromatic N) is 2. The fourth-order valence-electron chi connectivity index (χ4n) is 3.41. The summed E-state index contributed by atoms with van der Waals surface area (Å²) >= 11 is 0. The predicted octanol–water partition coefficient (Wildman–Crippen LogP) is 4.60. The molecule has 5 nitrogen and oxygen atoms in total. The molecule has 5 heteroatoms. The van der Waals surface area contributed by atoms with Crippen LogP contribution in [-0.2, 0) is 0 Å². The monoisotopic (exact) mass is 354 g/mol. The molecule has 0 aliphatic carbocycles. The molecule has 2 amide bonds. The second-order valence-corrected chi connectivity index (χ2v) is 6.48. The first-order valence-corrected chi connectivity index (χ1v) is 8.58. The van der Waals surface area contributed by atoms with Crippen molar-refractivity contribution >= 4 is 28.6 Å². The van der Waals surface area contributed by atoms with Crippen LogP contribution in [0.1, 0.15) is 26.3 Å². The maximum atomic E-state index is 12.7. The molecule has 0 bridgehead atoms. The number of rotatable bonds is 2. The van der Waals surface area contributed by atoms with E-state index < -0.39 is 0 Å². The minimum absolute atomic E-state index is 0.322. The Hall–Kier alpha value is -3.73. The summed E-state index contributed by atoms with van der Waals surface area (Å²) in [6.45, 7) is 1.99. The first kappa shape index (κ1) is 15.5. The van der Waals surface area contributed by atoms with Crippen LogP contribution in [0.25, 0.3) is 22.6 Å². The Morgan fingerprint density at radius 3 is 2.11 bits per heavy atom. The molecule has 5 rings (SSSR count). The Bertz CT molecular complexity index is 1200. The number of hydrogen-bond donors (Lipinski definition) is 0. The number of anilines is 1. The number of fused-ring (bicyclic) bond motifs is 2. The lowest BCUT2D eigenvalue weighted by Crippen LogP contribution is -2.29. The van der Waals surface area contributed by atoms with Crippen LogP contribution in [0.15, 0.2) is 71.1 Å². The van der Waals surface area contributed by atoms with Gasteiger partial charge < -0.3 is 4.42 Å². The zero-order chi connectivity index (χ0) is 18.5. The molecule has 3 aromatic carbocycles. The van der Waals surface area contributed by atoms with Crippen molar-refractivity contribution < 1.29 is 14.0 Å². The third-order valence-corrected chi connectivity index (χ3v) is 4.80. The van der Waals surface area contributed by atoms with Crippen molar-refractivity contribution in [3.8, 4) is 11.5 Å². The minimum Gasteiger partial charge on any atom is -0.436 e. The molecular formula is C22H14N2O3. The van der Waals surface area contributed by atoms with Crippen molar-refractivity contribution in [1.29, 1.82) is 0 Å². The quantitative estimate of drug-likeness (QED) is 0.493. The van der Waals surface area contributed by atoms with Gasteiger partial charge in [-0.25, -0.2) is 9.88 Å². The van der Waals surface area contributed by atoms with Gasteiger partial charge in [-0.2, -0.15) is 0 Å². The molecule has 2 heterocycles. The second-order valence-electron chi connectivity index (χ2n) is 6.48. The molecule has 1 aliphatic rings. The maximum absolute atomic E-state index is 12.7. The Morgan fingerprint density at radius 1 is 0.815 bits per heavy atom. The molecule has 0 saturated heterocycles. The number of carbonyl (C=O) groups is 2. The lowest BCUT2D eigenvalue weighted by molar-refractivity contribution is 0.0926. The number of oxazole rings is 1. The van der Waals surface area contributed by atoms with E-state index in [0.717, 1.165) is 11.1 Å². The number of aryl methyl sites for hydroxylation is 1. The molecule has 1 aromatic heterocycles. The third-order valence-electron chi connectivity index (χ3n) is 4.80. The van der Waals surface area contributed by atoms with Gasteiger partial charge in [-0.05, 0) is 48.9 Å². The zero-order valence-electron chi connectivity index (χ0n) is 14.5. The fraction of sp³-hybridized carbons (Fsp3) is 0.0455. The summed E-state index contributed by atoms with van der Waals surface area (Å²) in [4.78, 5) is 31.1. The Morgan fingerprint density at radius 2 is 1.44 bits per heavy atom. The van der Waals surface area contributed by atoms with Crippen molar-refractivity contribution in [3.63, 3.8) is 0 Å². The van der Waals surface area contributed by atoms with E-state index in [2.05, 4.69) is 4.98 Å². The summed E-state index contributed by atoms with van der Waals surface area (Å²) in [5.41, 5.74) is 4.50. The molecule has 27 heavy (non-hydrogen) atoms. The number of aromatic nitrogens is 1. The van der Waals surface area contributed by atoms with Crippen LogP contribution >= 0.6 is 0 Å². The van der Waals surface area contributed by atoms with E-state index in [4.69, 9.17) is 4.42 Å². The van der Waals surface area contributed by atoms with Gasteiger partial charge in [0.25, 0.3) is 11.8 Å². The summed E-state index contributed by atoms with van der Waals surface area (Å²) in [6.07, 6.45) is 0. The van der Waals surface area contributed by atoms with Gasteiger partial charge in [0, 0.05) is 5.56 Å². The molecule has 0 fully saturated rings. The highest BCUT2D eigenvalue weighted by atomic mass is 16.3. The second kappa shape index (κ2) is 5.64. The van der Waals surface area contributed by atoms with Gasteiger partial charge >= 0.3 is 0 Å². The van der Waals surface area contributed by atoms with Gasteiger partial charge in [-0.1, -0.05) is 30.3 Å². The predicted molar refractivity (Wildman–Crippen MR) is 102 cm³/mol. The number of imide groups is 1. The number of hydrogen-bond acceptors (Lipinski definition) is 4. The molecule has 0 saturated carbocycles. The lowest BCUT2D eigenvalue weighted by atomic mass is 10.1. The van der Waals surface area contributed by atoms with E-state index in [-0.39, 0.29) is 11.8 Å². The Kier molecular flexibility index (Phi) is 3.24. The molecule has 0 N–H and O–H groups in total. The van der Waals surface area contributed by atoms with E-state index in [1.54, 1.807) is 42.5 Å². The largest absolute Gasteiger partial charge is 0.436 e. The topological polar surface area (TPSA) is 63.4 Å². The van der Waals surface area contributed by atoms with Gasteiger partial charge in [-0.3, -0.25) is 9.59 Å². The average Bonchev–Trinajstić information content (AvgIpc) is 3.21. The lowest BCUT2D eigenvalue weighted by Gasteiger charge is -2.13. The van der Waals surface area contributed by atoms with Gasteiger partial charge in [0.05, 0.1) is 16.8 Å². The zero-order valence-corrected chi connectivity index (χ0v) is 14.5. The van der Waals surface area contributed by atoms with Crippen molar-refractivity contribution in [3.05, 3.63) is 83.4 Å². The van der Waals surface area contributed by atoms with E-state index in [1.807, 2.05) is 31.2 Å². The van der Waals surface area contributed by atoms with Gasteiger partial charge in [0.15, 0.2) is 5.58 Å². The molecule has 1 aliphatic heterocycles. The normalized spacial score (nSPS) is 13.4. The minimum atomic E-state index is -0.322. The molecule has 0 spiro atoms. The molecule has 0 radical (unpaired) electrons. The summed E-state index contributed by atoms with van der Waals surface area (Å²) in [5, 5.41) is 0. The van der Waals surface area contributed by atoms with Crippen LogP contribution in [0.3, 0.4) is 0 Å². The van der Waals surface area contributed by atoms with Crippen molar-refractivity contribution in [1.82, 2.24) is 4.98 Å². The van der Waals surface area contributed by atoms with Crippen LogP contribution in [0.4, 0.5) is 5.69 Å². The van der Waals surface area contributed by atoms with Gasteiger partial charge in [0.1, 0.15) is 5.52 Å². The molecule has 0 atom stereocenters. The number of carbonyl (C=O) groups excluding carboxylic acids is 2. The van der Waals surface area contributed by atoms with E-state index in [9.17, 15) is 9.59 Å². The maximum Gasteiger partial charge on any atom is 0.266 e. The standard InChI is InChI=1S/C22H14N2O3/c1-13-6-2-3-7-15(13)20-23-18-12-14(10-11-19(18)27-20)24-21(25)16-8-4-5-9-17(16)22(24)26/h2-12H,1H3. The highest BCUT2D eigenvalue weighted by Crippen LogP contribution is 2.32. The van der Waals surface area contributed by atoms with Crippen molar-refractivity contribution in [2.75, 3.05) is 4.90 Å². The number of amides is 2. The summed E-state index contributed by atoms with van der Waals surface area (Å²) in [6, 6.07) is 19.8. The third kappa shape index (κ3) is 2.29. The molecule has 4 aromatic rings. The van der Waals surface area contributed by atoms with Gasteiger partial charge in [-0.15, -0.1) is 0 Å². The summed E-state index contributed by atoms with van der Waals surface area (Å²) in [5.74, 6) is -0.127. The smallest absolute Gasteiger partial charge is 0.266 e. The Labute approximate surface area is 154 Å². The highest BCUT2D eigenvalue weighted by molar-refractivity contribution is 6.34. The van der Waals surface area contributed by atoms with Crippen molar-refractivity contribution in [2.45, 2.75) is 6.92 Å². The van der Waals surface area contributed by atoms with Crippen LogP contribution in [-0.4, -0.2) is 16.8 Å². The first-order chi connectivity index (χ1) is 13.1. The van der Waals surface area contributed by atoms with Crippen LogP contribution in [0.5, 0.6) is 0 Å². The van der Waals surface area contributed by atoms with Crippen LogP contribution in [0, 0.1) is 6.92 Å². The average molecular weight is 354 g/mol. The fourth-order valence-corrected chi connectivity index (χ4v) is 3.41. The SMILES string of the molecule is Cc1ccccc1-c1nc2cc(N3C(=O)c4ccccc4C3=O)ccc2o1. The van der Waals surface area contributed by atoms with Crippen LogP contribution in [0.2, 0.25) is 0 Å². The molecule has 130 valence electrons. The number of benzene rings is 3. The first-order valence-electron chi connectivity index (χ1n) is 8.58. The summed E-state index contributed by atoms with van der Waals surface area (Å²) < 4.78 is 5.87. The molecular weight excluding hydrogens is 340 g/mol. The van der Waals surface area contributed by atoms with E-state index in [1.165, 1.54) is 4.90 Å². The van der Waals surface area contributed by atoms with Crippen LogP contribution < -0.4 is 4.90 Å². The van der Waals surface area contributed by atoms with Crippen molar-refractivity contribution in [2.24, 2.45) is 0 Å². The van der Waals surface area contributed by atoms with E-state index >= 15 is 0 Å². The highest BCUT2D eigenvalue weighted by Gasteiger charge is 2.36. The van der Waals surface area contributed by atoms with Gasteiger partial charge in [0.2, 0.25) is 5.89 Å².